The number of carbonyl (C=O) groups is 1. The van der Waals surface area contributed by atoms with Gasteiger partial charge in [0.15, 0.2) is 0 Å². The largest absolute Gasteiger partial charge is 0.343 e. The molecule has 1 N–H and O–H groups in total. The third kappa shape index (κ3) is 4.31. The second kappa shape index (κ2) is 7.60. The number of aryl methyl sites for hydroxylation is 1. The van der Waals surface area contributed by atoms with Gasteiger partial charge in [0.2, 0.25) is 5.91 Å². The van der Waals surface area contributed by atoms with Gasteiger partial charge in [0, 0.05) is 18.7 Å². The fourth-order valence-electron chi connectivity index (χ4n) is 3.43. The van der Waals surface area contributed by atoms with Crippen molar-refractivity contribution in [1.82, 2.24) is 4.90 Å². The molecular weight excluding hydrogens is 260 g/mol. The molecule has 1 fully saturated rings. The van der Waals surface area contributed by atoms with E-state index in [1.54, 1.807) is 4.90 Å². The van der Waals surface area contributed by atoms with E-state index >= 15 is 0 Å². The van der Waals surface area contributed by atoms with Gasteiger partial charge in [-0.05, 0) is 33.6 Å². The number of piperidine rings is 1. The summed E-state index contributed by atoms with van der Waals surface area (Å²) in [5, 5.41) is 0. The molecule has 1 aliphatic rings. The molecule has 0 aliphatic carbocycles. The van der Waals surface area contributed by atoms with E-state index in [4.69, 9.17) is 0 Å². The summed E-state index contributed by atoms with van der Waals surface area (Å²) in [6.07, 6.45) is 2.23. The lowest BCUT2D eigenvalue weighted by Gasteiger charge is -2.32. The molecule has 116 valence electrons. The Morgan fingerprint density at radius 2 is 2.10 bits per heavy atom. The van der Waals surface area contributed by atoms with Gasteiger partial charge in [0.1, 0.15) is 6.54 Å². The highest BCUT2D eigenvalue weighted by Gasteiger charge is 2.30. The van der Waals surface area contributed by atoms with Crippen LogP contribution in [0.3, 0.4) is 0 Å². The molecule has 3 heteroatoms. The normalized spacial score (nSPS) is 22.0. The van der Waals surface area contributed by atoms with Crippen molar-refractivity contribution in [2.24, 2.45) is 5.92 Å². The van der Waals surface area contributed by atoms with Crippen LogP contribution in [0.2, 0.25) is 0 Å². The van der Waals surface area contributed by atoms with Crippen LogP contribution in [-0.2, 0) is 11.3 Å². The zero-order chi connectivity index (χ0) is 15.2. The fraction of sp³-hybridized carbons (Fsp3) is 0.611. The fourth-order valence-corrected chi connectivity index (χ4v) is 3.43. The summed E-state index contributed by atoms with van der Waals surface area (Å²) in [5.74, 6) is 0.583. The average Bonchev–Trinajstić information content (AvgIpc) is 2.48. The summed E-state index contributed by atoms with van der Waals surface area (Å²) >= 11 is 0. The number of likely N-dealkylation sites (tertiary alicyclic amines) is 1. The molecule has 3 nitrogen and oxygen atoms in total. The molecule has 1 aliphatic heterocycles. The molecule has 21 heavy (non-hydrogen) atoms. The number of nitrogens with one attached hydrogen (secondary N) is 1. The Morgan fingerprint density at radius 1 is 1.33 bits per heavy atom. The lowest BCUT2D eigenvalue weighted by molar-refractivity contribution is -0.921. The van der Waals surface area contributed by atoms with Gasteiger partial charge in [-0.25, -0.2) is 0 Å². The molecule has 1 unspecified atom stereocenters. The van der Waals surface area contributed by atoms with Gasteiger partial charge in [-0.1, -0.05) is 29.8 Å². The van der Waals surface area contributed by atoms with Crippen LogP contribution in [-0.4, -0.2) is 37.0 Å². The van der Waals surface area contributed by atoms with Crippen molar-refractivity contribution in [3.05, 3.63) is 35.4 Å². The Kier molecular flexibility index (Phi) is 5.80. The maximum atomic E-state index is 12.5. The number of hydrogen-bond acceptors (Lipinski definition) is 1. The van der Waals surface area contributed by atoms with Gasteiger partial charge in [0.05, 0.1) is 19.0 Å². The minimum Gasteiger partial charge on any atom is -0.343 e. The zero-order valence-corrected chi connectivity index (χ0v) is 13.7. The minimum absolute atomic E-state index is 0.221. The summed E-state index contributed by atoms with van der Waals surface area (Å²) in [4.78, 5) is 16.1. The Labute approximate surface area is 128 Å². The molecule has 2 rings (SSSR count). The summed E-state index contributed by atoms with van der Waals surface area (Å²) in [6, 6.07) is 8.74. The van der Waals surface area contributed by atoms with Crippen LogP contribution in [0.4, 0.5) is 0 Å². The first kappa shape index (κ1) is 16.0. The van der Waals surface area contributed by atoms with E-state index < -0.39 is 0 Å². The van der Waals surface area contributed by atoms with E-state index in [2.05, 4.69) is 45.0 Å². The van der Waals surface area contributed by atoms with Gasteiger partial charge in [-0.3, -0.25) is 4.79 Å². The first-order valence-electron chi connectivity index (χ1n) is 8.32. The van der Waals surface area contributed by atoms with Crippen molar-refractivity contribution in [2.45, 2.75) is 40.2 Å². The molecule has 1 heterocycles. The number of rotatable bonds is 5. The van der Waals surface area contributed by atoms with Crippen LogP contribution < -0.4 is 4.90 Å². The van der Waals surface area contributed by atoms with E-state index in [0.717, 1.165) is 32.6 Å². The Hall–Kier alpha value is -1.35. The van der Waals surface area contributed by atoms with Crippen molar-refractivity contribution >= 4 is 5.91 Å². The second-order valence-electron chi connectivity index (χ2n) is 6.22. The quantitative estimate of drug-likeness (QED) is 0.876. The van der Waals surface area contributed by atoms with Gasteiger partial charge in [0.25, 0.3) is 0 Å². The van der Waals surface area contributed by atoms with Crippen LogP contribution in [0.25, 0.3) is 0 Å². The number of amides is 1. The standard InChI is InChI=1S/C18H28N2O/c1-4-20(5-2)18(21)17-10-7-11-19(14-17)13-16-9-6-8-15(3)12-16/h6,8-9,12,17H,4-5,7,10-11,13-14H2,1-3H3/p+1/t17-/m1/s1. The lowest BCUT2D eigenvalue weighted by atomic mass is 9.96. The molecule has 1 aromatic carbocycles. The Morgan fingerprint density at radius 3 is 2.76 bits per heavy atom. The molecule has 0 saturated carbocycles. The summed E-state index contributed by atoms with van der Waals surface area (Å²) < 4.78 is 0. The molecule has 1 saturated heterocycles. The highest BCUT2D eigenvalue weighted by atomic mass is 16.2. The zero-order valence-electron chi connectivity index (χ0n) is 13.7. The van der Waals surface area contributed by atoms with E-state index in [1.165, 1.54) is 24.1 Å². The molecular formula is C18H29N2O+. The van der Waals surface area contributed by atoms with Gasteiger partial charge < -0.3 is 9.80 Å². The summed E-state index contributed by atoms with van der Waals surface area (Å²) in [7, 11) is 0. The third-order valence-corrected chi connectivity index (χ3v) is 4.58. The second-order valence-corrected chi connectivity index (χ2v) is 6.22. The molecule has 0 aromatic heterocycles. The van der Waals surface area contributed by atoms with Crippen LogP contribution in [0, 0.1) is 12.8 Å². The van der Waals surface area contributed by atoms with Gasteiger partial charge >= 0.3 is 0 Å². The monoisotopic (exact) mass is 289 g/mol. The van der Waals surface area contributed by atoms with Crippen molar-refractivity contribution < 1.29 is 9.69 Å². The smallest absolute Gasteiger partial charge is 0.231 e. The number of quaternary nitrogens is 1. The van der Waals surface area contributed by atoms with Gasteiger partial charge in [-0.2, -0.15) is 0 Å². The lowest BCUT2D eigenvalue weighted by Crippen LogP contribution is -3.12. The molecule has 0 bridgehead atoms. The van der Waals surface area contributed by atoms with E-state index in [9.17, 15) is 4.79 Å². The number of carbonyl (C=O) groups excluding carboxylic acids is 1. The third-order valence-electron chi connectivity index (χ3n) is 4.58. The van der Waals surface area contributed by atoms with Gasteiger partial charge in [-0.15, -0.1) is 0 Å². The molecule has 0 spiro atoms. The Bertz CT molecular complexity index is 468. The van der Waals surface area contributed by atoms with Crippen molar-refractivity contribution in [3.8, 4) is 0 Å². The van der Waals surface area contributed by atoms with Crippen molar-refractivity contribution in [3.63, 3.8) is 0 Å². The summed E-state index contributed by atoms with van der Waals surface area (Å²) in [6.45, 7) is 11.2. The number of benzene rings is 1. The maximum absolute atomic E-state index is 12.5. The number of hydrogen-bond donors (Lipinski definition) is 1. The maximum Gasteiger partial charge on any atom is 0.231 e. The number of nitrogens with zero attached hydrogens (tertiary/aromatic N) is 1. The van der Waals surface area contributed by atoms with E-state index in [-0.39, 0.29) is 5.92 Å². The molecule has 1 aromatic rings. The van der Waals surface area contributed by atoms with E-state index in [1.807, 2.05) is 4.90 Å². The SMILES string of the molecule is CCN(CC)C(=O)[C@@H]1CCC[NH+](Cc2cccc(C)c2)C1. The molecule has 0 radical (unpaired) electrons. The van der Waals surface area contributed by atoms with E-state index in [0.29, 0.717) is 5.91 Å². The highest BCUT2D eigenvalue weighted by Crippen LogP contribution is 2.12. The first-order valence-corrected chi connectivity index (χ1v) is 8.32. The van der Waals surface area contributed by atoms with Crippen LogP contribution >= 0.6 is 0 Å². The minimum atomic E-state index is 0.221. The summed E-state index contributed by atoms with van der Waals surface area (Å²) in [5.41, 5.74) is 2.71. The van der Waals surface area contributed by atoms with Crippen molar-refractivity contribution in [2.75, 3.05) is 26.2 Å². The van der Waals surface area contributed by atoms with Crippen LogP contribution in [0.1, 0.15) is 37.8 Å². The topological polar surface area (TPSA) is 24.8 Å². The van der Waals surface area contributed by atoms with Crippen LogP contribution in [0.5, 0.6) is 0 Å². The molecule has 1 amide bonds. The highest BCUT2D eigenvalue weighted by molar-refractivity contribution is 5.78. The average molecular weight is 289 g/mol. The predicted octanol–water partition coefficient (Wildman–Crippen LogP) is 1.66. The Balaban J connectivity index is 1.96. The van der Waals surface area contributed by atoms with Crippen molar-refractivity contribution in [1.29, 1.82) is 0 Å². The van der Waals surface area contributed by atoms with Crippen LogP contribution in [0.15, 0.2) is 24.3 Å². The first-order chi connectivity index (χ1) is 10.1. The predicted molar refractivity (Wildman–Crippen MR) is 86.2 cm³/mol. The molecule has 2 atom stereocenters.